The van der Waals surface area contributed by atoms with Crippen molar-refractivity contribution < 1.29 is 14.1 Å². The maximum Gasteiger partial charge on any atom is 0.254 e. The van der Waals surface area contributed by atoms with E-state index < -0.39 is 0 Å². The number of carbonyl (C=O) groups is 1. The molecule has 5 nitrogen and oxygen atoms in total. The highest BCUT2D eigenvalue weighted by atomic mass is 16.5. The highest BCUT2D eigenvalue weighted by Crippen LogP contribution is 2.29. The molecular weight excluding hydrogens is 304 g/mol. The van der Waals surface area contributed by atoms with Crippen LogP contribution >= 0.6 is 0 Å². The summed E-state index contributed by atoms with van der Waals surface area (Å²) in [6.45, 7) is 3.80. The Kier molecular flexibility index (Phi) is 3.78. The van der Waals surface area contributed by atoms with Crippen molar-refractivity contribution in [3.63, 3.8) is 0 Å². The highest BCUT2D eigenvalue weighted by molar-refractivity contribution is 6.01. The van der Waals surface area contributed by atoms with Gasteiger partial charge in [0.05, 0.1) is 18.1 Å². The van der Waals surface area contributed by atoms with Crippen LogP contribution in [0.15, 0.2) is 53.1 Å². The zero-order valence-corrected chi connectivity index (χ0v) is 13.4. The highest BCUT2D eigenvalue weighted by Gasteiger charge is 2.23. The van der Waals surface area contributed by atoms with Gasteiger partial charge in [0.15, 0.2) is 5.76 Å². The number of morpholine rings is 1. The van der Waals surface area contributed by atoms with E-state index >= 15 is 0 Å². The predicted molar refractivity (Wildman–Crippen MR) is 90.8 cm³/mol. The summed E-state index contributed by atoms with van der Waals surface area (Å²) in [5.74, 6) is 0.711. The Morgan fingerprint density at radius 1 is 1.21 bits per heavy atom. The number of nitrogens with zero attached hydrogens (tertiary/aromatic N) is 2. The molecule has 1 unspecified atom stereocenters. The van der Waals surface area contributed by atoms with E-state index in [1.54, 1.807) is 0 Å². The van der Waals surface area contributed by atoms with Crippen molar-refractivity contribution in [2.24, 2.45) is 0 Å². The fourth-order valence-electron chi connectivity index (χ4n) is 3.06. The lowest BCUT2D eigenvalue weighted by molar-refractivity contribution is -0.0124. The summed E-state index contributed by atoms with van der Waals surface area (Å²) in [6, 6.07) is 15.3. The third kappa shape index (κ3) is 2.67. The van der Waals surface area contributed by atoms with Crippen molar-refractivity contribution in [3.8, 4) is 11.3 Å². The standard InChI is InChI=1S/C19H18N2O3/c1-13-12-21(9-10-23-13)19(22)15-7-8-17-16(11-15)18(24-20-17)14-5-3-2-4-6-14/h2-8,11,13H,9-10,12H2,1H3. The number of hydrogen-bond donors (Lipinski definition) is 0. The Morgan fingerprint density at radius 2 is 2.04 bits per heavy atom. The third-order valence-electron chi connectivity index (χ3n) is 4.29. The van der Waals surface area contributed by atoms with Crippen LogP contribution in [0.25, 0.3) is 22.2 Å². The van der Waals surface area contributed by atoms with Gasteiger partial charge in [-0.25, -0.2) is 0 Å². The summed E-state index contributed by atoms with van der Waals surface area (Å²) in [5, 5.41) is 4.96. The second kappa shape index (κ2) is 6.09. The van der Waals surface area contributed by atoms with Crippen molar-refractivity contribution in [1.82, 2.24) is 10.1 Å². The number of benzene rings is 2. The molecule has 1 aromatic heterocycles. The van der Waals surface area contributed by atoms with Crippen molar-refractivity contribution in [3.05, 3.63) is 54.1 Å². The summed E-state index contributed by atoms with van der Waals surface area (Å²) < 4.78 is 11.0. The first-order valence-electron chi connectivity index (χ1n) is 8.08. The van der Waals surface area contributed by atoms with Crippen molar-refractivity contribution in [1.29, 1.82) is 0 Å². The van der Waals surface area contributed by atoms with Gasteiger partial charge in [-0.2, -0.15) is 0 Å². The van der Waals surface area contributed by atoms with Crippen LogP contribution in [-0.2, 0) is 4.74 Å². The van der Waals surface area contributed by atoms with Crippen molar-refractivity contribution in [2.75, 3.05) is 19.7 Å². The van der Waals surface area contributed by atoms with E-state index in [1.165, 1.54) is 0 Å². The van der Waals surface area contributed by atoms with Gasteiger partial charge in [0.1, 0.15) is 5.52 Å². The minimum Gasteiger partial charge on any atom is -0.375 e. The van der Waals surface area contributed by atoms with Crippen LogP contribution in [0.4, 0.5) is 0 Å². The van der Waals surface area contributed by atoms with Crippen molar-refractivity contribution in [2.45, 2.75) is 13.0 Å². The molecule has 2 heterocycles. The van der Waals surface area contributed by atoms with Gasteiger partial charge < -0.3 is 14.2 Å². The van der Waals surface area contributed by atoms with Crippen LogP contribution in [0.1, 0.15) is 17.3 Å². The maximum absolute atomic E-state index is 12.8. The number of ether oxygens (including phenoxy) is 1. The second-order valence-electron chi connectivity index (χ2n) is 6.04. The van der Waals surface area contributed by atoms with Crippen molar-refractivity contribution >= 4 is 16.8 Å². The molecule has 2 aromatic carbocycles. The Bertz CT molecular complexity index is 873. The van der Waals surface area contributed by atoms with Gasteiger partial charge in [-0.1, -0.05) is 35.5 Å². The third-order valence-corrected chi connectivity index (χ3v) is 4.29. The number of hydrogen-bond acceptors (Lipinski definition) is 4. The van der Waals surface area contributed by atoms with E-state index in [0.717, 1.165) is 16.5 Å². The number of fused-ring (bicyclic) bond motifs is 1. The van der Waals surface area contributed by atoms with Gasteiger partial charge in [0.25, 0.3) is 5.91 Å². The van der Waals surface area contributed by atoms with Crippen LogP contribution in [0.2, 0.25) is 0 Å². The van der Waals surface area contributed by atoms with Gasteiger partial charge in [0, 0.05) is 24.2 Å². The lowest BCUT2D eigenvalue weighted by atomic mass is 10.1. The molecule has 1 amide bonds. The Balaban J connectivity index is 1.71. The summed E-state index contributed by atoms with van der Waals surface area (Å²) in [7, 11) is 0. The van der Waals surface area contributed by atoms with E-state index in [0.29, 0.717) is 31.0 Å². The first kappa shape index (κ1) is 14.9. The molecule has 4 rings (SSSR count). The molecule has 0 N–H and O–H groups in total. The van der Waals surface area contributed by atoms with E-state index in [1.807, 2.05) is 60.4 Å². The van der Waals surface area contributed by atoms with Crippen LogP contribution in [0, 0.1) is 0 Å². The zero-order chi connectivity index (χ0) is 16.5. The lowest BCUT2D eigenvalue weighted by Crippen LogP contribution is -2.44. The predicted octanol–water partition coefficient (Wildman–Crippen LogP) is 3.36. The number of rotatable bonds is 2. The fraction of sp³-hybridized carbons (Fsp3) is 0.263. The van der Waals surface area contributed by atoms with Gasteiger partial charge in [-0.3, -0.25) is 4.79 Å². The van der Waals surface area contributed by atoms with E-state index in [-0.39, 0.29) is 12.0 Å². The molecule has 0 bridgehead atoms. The fourth-order valence-corrected chi connectivity index (χ4v) is 3.06. The van der Waals surface area contributed by atoms with Crippen LogP contribution in [0.5, 0.6) is 0 Å². The smallest absolute Gasteiger partial charge is 0.254 e. The molecule has 0 radical (unpaired) electrons. The first-order chi connectivity index (χ1) is 11.7. The van der Waals surface area contributed by atoms with Crippen LogP contribution in [0.3, 0.4) is 0 Å². The minimum absolute atomic E-state index is 0.0206. The van der Waals surface area contributed by atoms with E-state index in [4.69, 9.17) is 9.26 Å². The quantitative estimate of drug-likeness (QED) is 0.726. The Morgan fingerprint density at radius 3 is 2.83 bits per heavy atom. The Hall–Kier alpha value is -2.66. The molecule has 3 aromatic rings. The average Bonchev–Trinajstić information content (AvgIpc) is 3.05. The van der Waals surface area contributed by atoms with Gasteiger partial charge in [0.2, 0.25) is 0 Å². The van der Waals surface area contributed by atoms with E-state index in [2.05, 4.69) is 5.16 Å². The molecule has 24 heavy (non-hydrogen) atoms. The molecule has 0 saturated carbocycles. The van der Waals surface area contributed by atoms with Gasteiger partial charge in [-0.15, -0.1) is 0 Å². The molecule has 1 fully saturated rings. The topological polar surface area (TPSA) is 55.6 Å². The molecule has 1 saturated heterocycles. The molecule has 1 aliphatic rings. The largest absolute Gasteiger partial charge is 0.375 e. The van der Waals surface area contributed by atoms with Gasteiger partial charge >= 0.3 is 0 Å². The van der Waals surface area contributed by atoms with Crippen LogP contribution < -0.4 is 0 Å². The molecule has 5 heteroatoms. The minimum atomic E-state index is 0.0206. The second-order valence-corrected chi connectivity index (χ2v) is 6.04. The average molecular weight is 322 g/mol. The maximum atomic E-state index is 12.8. The van der Waals surface area contributed by atoms with E-state index in [9.17, 15) is 4.79 Å². The summed E-state index contributed by atoms with van der Waals surface area (Å²) >= 11 is 0. The molecule has 0 spiro atoms. The summed E-state index contributed by atoms with van der Waals surface area (Å²) in [5.41, 5.74) is 2.35. The molecule has 1 aliphatic heterocycles. The Labute approximate surface area is 139 Å². The lowest BCUT2D eigenvalue weighted by Gasteiger charge is -2.31. The van der Waals surface area contributed by atoms with Gasteiger partial charge in [-0.05, 0) is 25.1 Å². The monoisotopic (exact) mass is 322 g/mol. The van der Waals surface area contributed by atoms with Crippen LogP contribution in [-0.4, -0.2) is 41.8 Å². The summed E-state index contributed by atoms with van der Waals surface area (Å²) in [4.78, 5) is 14.6. The normalized spacial score (nSPS) is 18.0. The number of carbonyl (C=O) groups excluding carboxylic acids is 1. The molecule has 0 aliphatic carbocycles. The molecule has 1 atom stereocenters. The SMILES string of the molecule is CC1CN(C(=O)c2ccc3noc(-c4ccccc4)c3c2)CCO1. The number of aromatic nitrogens is 1. The molecule has 122 valence electrons. The summed E-state index contributed by atoms with van der Waals surface area (Å²) in [6.07, 6.45) is 0.0712. The number of amides is 1. The molecular formula is C19H18N2O3. The zero-order valence-electron chi connectivity index (χ0n) is 13.4. The first-order valence-corrected chi connectivity index (χ1v) is 8.08.